The van der Waals surface area contributed by atoms with E-state index in [1.165, 1.54) is 4.90 Å². The first-order valence-electron chi connectivity index (χ1n) is 7.42. The molecule has 1 fully saturated rings. The molecule has 23 heavy (non-hydrogen) atoms. The van der Waals surface area contributed by atoms with E-state index < -0.39 is 6.04 Å². The summed E-state index contributed by atoms with van der Waals surface area (Å²) in [5, 5.41) is 3.14. The lowest BCUT2D eigenvalue weighted by molar-refractivity contribution is -0.121. The van der Waals surface area contributed by atoms with Gasteiger partial charge >= 0.3 is 0 Å². The molecule has 0 aromatic heterocycles. The summed E-state index contributed by atoms with van der Waals surface area (Å²) in [7, 11) is 0. The van der Waals surface area contributed by atoms with Crippen LogP contribution in [0.2, 0.25) is 0 Å². The molecule has 2 amide bonds. The van der Waals surface area contributed by atoms with Crippen molar-refractivity contribution in [2.24, 2.45) is 0 Å². The van der Waals surface area contributed by atoms with Crippen molar-refractivity contribution in [3.63, 3.8) is 0 Å². The topological polar surface area (TPSA) is 49.4 Å². The van der Waals surface area contributed by atoms with Gasteiger partial charge in [0.1, 0.15) is 6.04 Å². The van der Waals surface area contributed by atoms with Crippen molar-refractivity contribution in [3.05, 3.63) is 58.1 Å². The molecule has 4 nitrogen and oxygen atoms in total. The van der Waals surface area contributed by atoms with Crippen LogP contribution in [0.25, 0.3) is 0 Å². The number of nitrogens with one attached hydrogen (secondary N) is 1. The Morgan fingerprint density at radius 2 is 1.74 bits per heavy atom. The zero-order valence-corrected chi connectivity index (χ0v) is 14.6. The molecule has 1 unspecified atom stereocenters. The molecule has 1 atom stereocenters. The van der Waals surface area contributed by atoms with Crippen molar-refractivity contribution in [1.29, 1.82) is 0 Å². The van der Waals surface area contributed by atoms with Gasteiger partial charge in [-0.05, 0) is 61.4 Å². The van der Waals surface area contributed by atoms with Gasteiger partial charge in [-0.15, -0.1) is 0 Å². The van der Waals surface area contributed by atoms with Crippen molar-refractivity contribution in [3.8, 4) is 0 Å². The van der Waals surface area contributed by atoms with Gasteiger partial charge in [-0.1, -0.05) is 22.0 Å². The second-order valence-electron chi connectivity index (χ2n) is 5.74. The minimum absolute atomic E-state index is 0.168. The molecule has 0 radical (unpaired) electrons. The molecular weight excluding hydrogens is 356 g/mol. The van der Waals surface area contributed by atoms with E-state index in [1.807, 2.05) is 56.3 Å². The highest BCUT2D eigenvalue weighted by atomic mass is 79.9. The second-order valence-corrected chi connectivity index (χ2v) is 6.66. The summed E-state index contributed by atoms with van der Waals surface area (Å²) < 4.78 is 0.966. The molecule has 0 bridgehead atoms. The minimum atomic E-state index is -0.523. The number of benzene rings is 2. The minimum Gasteiger partial charge on any atom is -0.373 e. The predicted octanol–water partition coefficient (Wildman–Crippen LogP) is 3.81. The predicted molar refractivity (Wildman–Crippen MR) is 94.6 cm³/mol. The summed E-state index contributed by atoms with van der Waals surface area (Å²) in [6.07, 6.45) is 0.168. The van der Waals surface area contributed by atoms with Crippen LogP contribution in [0.3, 0.4) is 0 Å². The maximum atomic E-state index is 12.6. The first-order valence-corrected chi connectivity index (χ1v) is 8.21. The van der Waals surface area contributed by atoms with E-state index in [9.17, 15) is 9.59 Å². The molecule has 1 N–H and O–H groups in total. The van der Waals surface area contributed by atoms with E-state index in [4.69, 9.17) is 0 Å². The summed E-state index contributed by atoms with van der Waals surface area (Å²) in [6, 6.07) is 12.6. The van der Waals surface area contributed by atoms with Gasteiger partial charge in [-0.25, -0.2) is 4.90 Å². The van der Waals surface area contributed by atoms with E-state index in [0.29, 0.717) is 5.69 Å². The standard InChI is InChI=1S/C18H17BrN2O2/c1-11-3-8-15(9-12(11)2)21-17(22)10-16(18(21)23)20-14-6-4-13(19)5-7-14/h3-9,16,20H,10H2,1-2H3. The molecular formula is C18H17BrN2O2. The number of carbonyl (C=O) groups is 2. The Morgan fingerprint density at radius 3 is 2.39 bits per heavy atom. The summed E-state index contributed by atoms with van der Waals surface area (Å²) in [6.45, 7) is 3.98. The van der Waals surface area contributed by atoms with Crippen LogP contribution < -0.4 is 10.2 Å². The van der Waals surface area contributed by atoms with Gasteiger partial charge in [0.15, 0.2) is 0 Å². The SMILES string of the molecule is Cc1ccc(N2C(=O)CC(Nc3ccc(Br)cc3)C2=O)cc1C. The Kier molecular flexibility index (Phi) is 4.22. The van der Waals surface area contributed by atoms with Crippen molar-refractivity contribution >= 4 is 39.1 Å². The Labute approximate surface area is 143 Å². The third-order valence-electron chi connectivity index (χ3n) is 4.08. The molecule has 118 valence electrons. The van der Waals surface area contributed by atoms with Crippen LogP contribution in [0.15, 0.2) is 46.9 Å². The lowest BCUT2D eigenvalue weighted by Crippen LogP contribution is -2.34. The van der Waals surface area contributed by atoms with Crippen LogP contribution in [0.5, 0.6) is 0 Å². The van der Waals surface area contributed by atoms with Crippen molar-refractivity contribution < 1.29 is 9.59 Å². The molecule has 2 aromatic carbocycles. The number of amides is 2. The van der Waals surface area contributed by atoms with E-state index in [1.54, 1.807) is 0 Å². The number of imide groups is 1. The van der Waals surface area contributed by atoms with Crippen LogP contribution in [0.1, 0.15) is 17.5 Å². The normalized spacial score (nSPS) is 17.7. The van der Waals surface area contributed by atoms with Crippen LogP contribution >= 0.6 is 15.9 Å². The molecule has 1 saturated heterocycles. The fraction of sp³-hybridized carbons (Fsp3) is 0.222. The maximum Gasteiger partial charge on any atom is 0.256 e. The summed E-state index contributed by atoms with van der Waals surface area (Å²) >= 11 is 3.38. The molecule has 2 aromatic rings. The third-order valence-corrected chi connectivity index (χ3v) is 4.61. The zero-order chi connectivity index (χ0) is 16.6. The van der Waals surface area contributed by atoms with Gasteiger partial charge < -0.3 is 5.32 Å². The number of carbonyl (C=O) groups excluding carboxylic acids is 2. The summed E-state index contributed by atoms with van der Waals surface area (Å²) in [4.78, 5) is 26.2. The number of halogens is 1. The fourth-order valence-corrected chi connectivity index (χ4v) is 2.89. The van der Waals surface area contributed by atoms with Gasteiger partial charge in [0, 0.05) is 10.2 Å². The molecule has 1 aliphatic heterocycles. The molecule has 0 saturated carbocycles. The number of hydrogen-bond donors (Lipinski definition) is 1. The average Bonchev–Trinajstić information content (AvgIpc) is 2.79. The average molecular weight is 373 g/mol. The second kappa shape index (κ2) is 6.16. The lowest BCUT2D eigenvalue weighted by atomic mass is 10.1. The molecule has 5 heteroatoms. The number of hydrogen-bond acceptors (Lipinski definition) is 3. The van der Waals surface area contributed by atoms with Crippen molar-refractivity contribution in [2.45, 2.75) is 26.3 Å². The van der Waals surface area contributed by atoms with Crippen molar-refractivity contribution in [1.82, 2.24) is 0 Å². The molecule has 1 heterocycles. The highest BCUT2D eigenvalue weighted by molar-refractivity contribution is 9.10. The monoisotopic (exact) mass is 372 g/mol. The van der Waals surface area contributed by atoms with Crippen LogP contribution in [-0.2, 0) is 9.59 Å². The van der Waals surface area contributed by atoms with E-state index >= 15 is 0 Å². The molecule has 0 spiro atoms. The highest BCUT2D eigenvalue weighted by Crippen LogP contribution is 2.27. The first kappa shape index (κ1) is 15.7. The highest BCUT2D eigenvalue weighted by Gasteiger charge is 2.39. The maximum absolute atomic E-state index is 12.6. The quantitative estimate of drug-likeness (QED) is 0.833. The molecule has 1 aliphatic rings. The lowest BCUT2D eigenvalue weighted by Gasteiger charge is -2.17. The van der Waals surface area contributed by atoms with E-state index in [2.05, 4.69) is 21.2 Å². The number of nitrogens with zero attached hydrogens (tertiary/aromatic N) is 1. The van der Waals surface area contributed by atoms with Gasteiger partial charge in [0.2, 0.25) is 5.91 Å². The largest absolute Gasteiger partial charge is 0.373 e. The van der Waals surface area contributed by atoms with Crippen LogP contribution in [-0.4, -0.2) is 17.9 Å². The van der Waals surface area contributed by atoms with Crippen LogP contribution in [0, 0.1) is 13.8 Å². The first-order chi connectivity index (χ1) is 11.0. The summed E-state index contributed by atoms with van der Waals surface area (Å²) in [5.74, 6) is -0.381. The Balaban J connectivity index is 1.82. The smallest absolute Gasteiger partial charge is 0.256 e. The fourth-order valence-electron chi connectivity index (χ4n) is 2.63. The third kappa shape index (κ3) is 3.15. The Hall–Kier alpha value is -2.14. The number of rotatable bonds is 3. The summed E-state index contributed by atoms with van der Waals surface area (Å²) in [5.41, 5.74) is 3.66. The Bertz CT molecular complexity index is 771. The molecule has 0 aliphatic carbocycles. The van der Waals surface area contributed by atoms with Gasteiger partial charge in [0.25, 0.3) is 5.91 Å². The number of aryl methyl sites for hydroxylation is 2. The number of anilines is 2. The molecule has 3 rings (SSSR count). The van der Waals surface area contributed by atoms with Crippen LogP contribution in [0.4, 0.5) is 11.4 Å². The van der Waals surface area contributed by atoms with Gasteiger partial charge in [-0.3, -0.25) is 9.59 Å². The van der Waals surface area contributed by atoms with E-state index in [0.717, 1.165) is 21.3 Å². The van der Waals surface area contributed by atoms with Crippen molar-refractivity contribution in [2.75, 3.05) is 10.2 Å². The zero-order valence-electron chi connectivity index (χ0n) is 13.0. The van der Waals surface area contributed by atoms with E-state index in [-0.39, 0.29) is 18.2 Å². The Morgan fingerprint density at radius 1 is 1.04 bits per heavy atom. The van der Waals surface area contributed by atoms with Gasteiger partial charge in [0.05, 0.1) is 12.1 Å². The van der Waals surface area contributed by atoms with Gasteiger partial charge in [-0.2, -0.15) is 0 Å².